The Morgan fingerprint density at radius 3 is 1.09 bits per heavy atom. The van der Waals surface area contributed by atoms with Crippen molar-refractivity contribution in [3.63, 3.8) is 0 Å². The zero-order valence-electron chi connectivity index (χ0n) is 14.2. The Labute approximate surface area is 140 Å². The lowest BCUT2D eigenvalue weighted by atomic mass is 9.46. The molecular weight excluding hydrogens is 280 g/mol. The van der Waals surface area contributed by atoms with Gasteiger partial charge in [0, 0.05) is 0 Å². The molecule has 8 bridgehead atoms. The Hall–Kier alpha value is -0.620. The molecule has 0 spiro atoms. The maximum Gasteiger partial charge on any atom is 0.276 e. The molecular formula is C21H30N2. The Balaban J connectivity index is 1.34. The molecule has 124 valence electrons. The molecule has 0 saturated heterocycles. The fourth-order valence-electron chi connectivity index (χ4n) is 9.17. The predicted octanol–water partition coefficient (Wildman–Crippen LogP) is 4.80. The molecule has 8 fully saturated rings. The minimum Gasteiger partial charge on any atom is -0.362 e. The lowest BCUT2D eigenvalue weighted by Crippen LogP contribution is -2.55. The van der Waals surface area contributed by atoms with Gasteiger partial charge in [0.25, 0.3) is 5.71 Å². The van der Waals surface area contributed by atoms with Gasteiger partial charge in [0.15, 0.2) is 0 Å². The van der Waals surface area contributed by atoms with E-state index in [-0.39, 0.29) is 0 Å². The molecule has 23 heavy (non-hydrogen) atoms. The van der Waals surface area contributed by atoms with Crippen LogP contribution in [0.3, 0.4) is 0 Å². The third-order valence-electron chi connectivity index (χ3n) is 9.25. The van der Waals surface area contributed by atoms with Crippen LogP contribution in [0, 0.1) is 59.2 Å². The Morgan fingerprint density at radius 1 is 0.522 bits per heavy atom. The minimum atomic E-state index is 0.662. The average Bonchev–Trinajstić information content (AvgIpc) is 2.50. The van der Waals surface area contributed by atoms with Crippen LogP contribution in [-0.2, 0) is 0 Å². The van der Waals surface area contributed by atoms with E-state index < -0.39 is 0 Å². The highest BCUT2D eigenvalue weighted by Gasteiger charge is 2.58. The monoisotopic (exact) mass is 310 g/mol. The summed E-state index contributed by atoms with van der Waals surface area (Å²) in [7, 11) is 0. The average molecular weight is 310 g/mol. The molecule has 0 radical (unpaired) electrons. The highest BCUT2D eigenvalue weighted by atomic mass is 14.9. The number of nitrogens with zero attached hydrogens (tertiary/aromatic N) is 2. The number of hydrogen-bond donors (Lipinski definition) is 0. The van der Waals surface area contributed by atoms with Gasteiger partial charge in [-0.1, -0.05) is 0 Å². The zero-order valence-corrected chi connectivity index (χ0v) is 14.2. The van der Waals surface area contributed by atoms with Crippen molar-refractivity contribution in [2.24, 2.45) is 59.2 Å². The third kappa shape index (κ3) is 1.88. The molecule has 0 aromatic carbocycles. The summed E-state index contributed by atoms with van der Waals surface area (Å²) in [6.45, 7) is 0. The van der Waals surface area contributed by atoms with Crippen LogP contribution >= 0.6 is 0 Å². The van der Waals surface area contributed by atoms with E-state index in [1.807, 2.05) is 0 Å². The second-order valence-corrected chi connectivity index (χ2v) is 10.4. The van der Waals surface area contributed by atoms with Crippen LogP contribution in [0.2, 0.25) is 0 Å². The second-order valence-electron chi connectivity index (χ2n) is 10.4. The summed E-state index contributed by atoms with van der Waals surface area (Å²) >= 11 is 0. The SMILES string of the molecule is [N-]=[N+]=C(C1C2CC3CC(C2)CC1C3)C1C2CC3CC(C2)CC1C3. The summed E-state index contributed by atoms with van der Waals surface area (Å²) in [5, 5.41) is 0. The van der Waals surface area contributed by atoms with Crippen molar-refractivity contribution in [3.8, 4) is 0 Å². The molecule has 0 N–H and O–H groups in total. The van der Waals surface area contributed by atoms with E-state index in [9.17, 15) is 5.53 Å². The molecule has 8 saturated carbocycles. The lowest BCUT2D eigenvalue weighted by molar-refractivity contribution is -0.0859. The molecule has 0 aliphatic heterocycles. The van der Waals surface area contributed by atoms with Crippen LogP contribution < -0.4 is 0 Å². The van der Waals surface area contributed by atoms with Crippen LogP contribution in [-0.4, -0.2) is 10.5 Å². The van der Waals surface area contributed by atoms with Crippen molar-refractivity contribution in [2.45, 2.75) is 64.2 Å². The molecule has 0 unspecified atom stereocenters. The van der Waals surface area contributed by atoms with Crippen molar-refractivity contribution >= 4 is 5.71 Å². The Bertz CT molecular complexity index is 472. The first kappa shape index (κ1) is 13.6. The summed E-state index contributed by atoms with van der Waals surface area (Å²) in [4.78, 5) is 4.10. The van der Waals surface area contributed by atoms with Gasteiger partial charge in [-0.3, -0.25) is 0 Å². The van der Waals surface area contributed by atoms with Crippen molar-refractivity contribution in [2.75, 3.05) is 0 Å². The highest BCUT2D eigenvalue weighted by Crippen LogP contribution is 2.61. The zero-order chi connectivity index (χ0) is 15.1. The molecule has 0 aromatic heterocycles. The maximum absolute atomic E-state index is 10.1. The van der Waals surface area contributed by atoms with Gasteiger partial charge in [-0.25, -0.2) is 0 Å². The van der Waals surface area contributed by atoms with Crippen molar-refractivity contribution in [1.29, 1.82) is 0 Å². The van der Waals surface area contributed by atoms with Gasteiger partial charge in [-0.2, -0.15) is 4.79 Å². The Kier molecular flexibility index (Phi) is 2.80. The van der Waals surface area contributed by atoms with Gasteiger partial charge in [0.2, 0.25) is 0 Å². The second kappa shape index (κ2) is 4.72. The first-order chi connectivity index (χ1) is 11.3. The van der Waals surface area contributed by atoms with E-state index in [1.54, 1.807) is 0 Å². The van der Waals surface area contributed by atoms with E-state index in [1.165, 1.54) is 69.9 Å². The molecule has 0 aromatic rings. The van der Waals surface area contributed by atoms with Gasteiger partial charge in [-0.05, 0) is 112 Å². The van der Waals surface area contributed by atoms with Gasteiger partial charge >= 0.3 is 0 Å². The van der Waals surface area contributed by atoms with Crippen LogP contribution in [0.4, 0.5) is 0 Å². The predicted molar refractivity (Wildman–Crippen MR) is 89.7 cm³/mol. The molecule has 0 heterocycles. The van der Waals surface area contributed by atoms with Gasteiger partial charge in [-0.15, -0.1) is 0 Å². The van der Waals surface area contributed by atoms with E-state index in [2.05, 4.69) is 4.79 Å². The molecule has 2 nitrogen and oxygen atoms in total. The fraction of sp³-hybridized carbons (Fsp3) is 0.952. The summed E-state index contributed by atoms with van der Waals surface area (Å²) in [6, 6.07) is 0. The quantitative estimate of drug-likeness (QED) is 0.399. The summed E-state index contributed by atoms with van der Waals surface area (Å²) in [6.07, 6.45) is 14.6. The maximum atomic E-state index is 10.1. The van der Waals surface area contributed by atoms with Gasteiger partial charge in [0.05, 0.1) is 11.8 Å². The summed E-state index contributed by atoms with van der Waals surface area (Å²) in [5.74, 6) is 8.89. The molecule has 0 atom stereocenters. The van der Waals surface area contributed by atoms with Crippen LogP contribution in [0.25, 0.3) is 5.53 Å². The summed E-state index contributed by atoms with van der Waals surface area (Å²) < 4.78 is 0. The molecule has 8 rings (SSSR count). The molecule has 8 aliphatic carbocycles. The van der Waals surface area contributed by atoms with Gasteiger partial charge < -0.3 is 5.53 Å². The number of hydrogen-bond acceptors (Lipinski definition) is 0. The van der Waals surface area contributed by atoms with E-state index in [0.29, 0.717) is 11.8 Å². The first-order valence-electron chi connectivity index (χ1n) is 10.5. The first-order valence-corrected chi connectivity index (χ1v) is 10.5. The minimum absolute atomic E-state index is 0.662. The molecule has 0 amide bonds. The molecule has 2 heteroatoms. The van der Waals surface area contributed by atoms with Crippen molar-refractivity contribution in [1.82, 2.24) is 0 Å². The lowest BCUT2D eigenvalue weighted by Gasteiger charge is -2.56. The summed E-state index contributed by atoms with van der Waals surface area (Å²) in [5.41, 5.74) is 11.4. The van der Waals surface area contributed by atoms with Crippen LogP contribution in [0.1, 0.15) is 64.2 Å². The largest absolute Gasteiger partial charge is 0.362 e. The van der Waals surface area contributed by atoms with Crippen LogP contribution in [0.15, 0.2) is 0 Å². The van der Waals surface area contributed by atoms with Gasteiger partial charge in [0.1, 0.15) is 0 Å². The van der Waals surface area contributed by atoms with Crippen molar-refractivity contribution in [3.05, 3.63) is 5.53 Å². The highest BCUT2D eigenvalue weighted by molar-refractivity contribution is 5.85. The topological polar surface area (TPSA) is 36.4 Å². The number of rotatable bonds is 2. The van der Waals surface area contributed by atoms with E-state index in [0.717, 1.165) is 47.3 Å². The normalized spacial score (nSPS) is 58.4. The third-order valence-corrected chi connectivity index (χ3v) is 9.25. The fourth-order valence-corrected chi connectivity index (χ4v) is 9.17. The van der Waals surface area contributed by atoms with Crippen molar-refractivity contribution < 1.29 is 4.79 Å². The molecule has 8 aliphatic rings. The van der Waals surface area contributed by atoms with E-state index >= 15 is 0 Å². The smallest absolute Gasteiger partial charge is 0.276 e. The standard InChI is InChI=1S/C21H30N2/c22-23-21(19-15-3-11-1-12(5-15)6-16(19)4-11)20-17-7-13-2-14(9-17)10-18(20)8-13/h11-20H,1-10H2. The Morgan fingerprint density at radius 2 is 0.826 bits per heavy atom. The van der Waals surface area contributed by atoms with E-state index in [4.69, 9.17) is 0 Å². The van der Waals surface area contributed by atoms with Crippen LogP contribution in [0.5, 0.6) is 0 Å².